The average molecular weight is 1100 g/mol. The Morgan fingerprint density at radius 1 is 0.256 bits per heavy atom. The molecule has 0 aliphatic heterocycles. The largest absolute Gasteiger partial charge is 0.462 e. The summed E-state index contributed by atoms with van der Waals surface area (Å²) in [6.07, 6.45) is 83.4. The lowest BCUT2D eigenvalue weighted by Gasteiger charge is -2.18. The maximum atomic E-state index is 12.9. The van der Waals surface area contributed by atoms with E-state index in [0.29, 0.717) is 19.3 Å². The van der Waals surface area contributed by atoms with Crippen LogP contribution in [-0.2, 0) is 28.6 Å². The minimum Gasteiger partial charge on any atom is -0.462 e. The molecule has 0 aliphatic rings. The van der Waals surface area contributed by atoms with Crippen LogP contribution in [0.25, 0.3) is 0 Å². The second-order valence-corrected chi connectivity index (χ2v) is 23.8. The number of hydrogen-bond acceptors (Lipinski definition) is 6. The molecule has 0 rings (SSSR count). The molecule has 0 spiro atoms. The third-order valence-corrected chi connectivity index (χ3v) is 15.8. The number of allylic oxidation sites excluding steroid dienone is 6. The third-order valence-electron chi connectivity index (χ3n) is 15.8. The molecule has 0 bridgehead atoms. The first-order valence-corrected chi connectivity index (χ1v) is 35.0. The van der Waals surface area contributed by atoms with Crippen molar-refractivity contribution < 1.29 is 28.6 Å². The van der Waals surface area contributed by atoms with Crippen molar-refractivity contribution in [3.05, 3.63) is 36.5 Å². The van der Waals surface area contributed by atoms with Crippen molar-refractivity contribution in [2.45, 2.75) is 393 Å². The Kier molecular flexibility index (Phi) is 65.1. The van der Waals surface area contributed by atoms with E-state index in [2.05, 4.69) is 57.2 Å². The molecule has 0 aromatic carbocycles. The van der Waals surface area contributed by atoms with Crippen LogP contribution < -0.4 is 0 Å². The lowest BCUT2D eigenvalue weighted by atomic mass is 10.0. The number of carbonyl (C=O) groups excluding carboxylic acids is 3. The van der Waals surface area contributed by atoms with E-state index in [9.17, 15) is 14.4 Å². The summed E-state index contributed by atoms with van der Waals surface area (Å²) in [5.74, 6) is -0.853. The zero-order valence-electron chi connectivity index (χ0n) is 52.7. The molecular weight excluding hydrogens is 961 g/mol. The lowest BCUT2D eigenvalue weighted by Crippen LogP contribution is -2.30. The van der Waals surface area contributed by atoms with Crippen LogP contribution >= 0.6 is 0 Å². The van der Waals surface area contributed by atoms with Gasteiger partial charge in [0.05, 0.1) is 0 Å². The highest BCUT2D eigenvalue weighted by molar-refractivity contribution is 5.71. The summed E-state index contributed by atoms with van der Waals surface area (Å²) in [7, 11) is 0. The fourth-order valence-electron chi connectivity index (χ4n) is 10.6. The van der Waals surface area contributed by atoms with Gasteiger partial charge in [0.2, 0.25) is 0 Å². The average Bonchev–Trinajstić information content (AvgIpc) is 3.44. The molecule has 0 fully saturated rings. The maximum Gasteiger partial charge on any atom is 0.306 e. The van der Waals surface area contributed by atoms with E-state index in [-0.39, 0.29) is 31.1 Å². The SMILES string of the molecule is CCC/C=C\CCCCCCCC(=O)OCC(COC(=O)CCCCCCCCCCCCCCCCCCCCCCC/C=C\C/C=C\CCCCCCC)OC(=O)CCCCCCCCCCCCCCCCCCC. The molecule has 0 saturated heterocycles. The Labute approximate surface area is 486 Å². The van der Waals surface area contributed by atoms with Crippen LogP contribution in [0.3, 0.4) is 0 Å². The van der Waals surface area contributed by atoms with Crippen LogP contribution in [0, 0.1) is 0 Å². The standard InChI is InChI=1S/C72H134O6/c1-4-7-10-13-16-19-22-24-26-28-29-30-31-32-33-34-35-36-37-38-39-40-41-42-43-45-46-48-50-53-56-59-62-65-71(74)77-68-69(67-76-70(73)64-61-58-55-52-21-18-15-12-9-6-3)78-72(75)66-63-60-57-54-51-49-47-44-27-25-23-20-17-14-11-8-5-2/h12,15,22,24,28-29,69H,4-11,13-14,16-21,23,25-27,30-68H2,1-3H3/b15-12-,24-22-,29-28-. The van der Waals surface area contributed by atoms with Crippen molar-refractivity contribution in [2.24, 2.45) is 0 Å². The van der Waals surface area contributed by atoms with E-state index in [4.69, 9.17) is 14.2 Å². The van der Waals surface area contributed by atoms with Crippen molar-refractivity contribution in [1.82, 2.24) is 0 Å². The number of rotatable bonds is 65. The van der Waals surface area contributed by atoms with Crippen LogP contribution in [0.4, 0.5) is 0 Å². The Morgan fingerprint density at radius 2 is 0.487 bits per heavy atom. The van der Waals surface area contributed by atoms with Gasteiger partial charge in [0.25, 0.3) is 0 Å². The topological polar surface area (TPSA) is 78.9 Å². The van der Waals surface area contributed by atoms with Gasteiger partial charge in [-0.2, -0.15) is 0 Å². The van der Waals surface area contributed by atoms with E-state index in [1.807, 2.05) is 0 Å². The minimum atomic E-state index is -0.771. The van der Waals surface area contributed by atoms with Crippen LogP contribution in [0.2, 0.25) is 0 Å². The van der Waals surface area contributed by atoms with Gasteiger partial charge in [0, 0.05) is 19.3 Å². The molecule has 0 heterocycles. The first-order valence-electron chi connectivity index (χ1n) is 35.0. The van der Waals surface area contributed by atoms with Gasteiger partial charge in [-0.25, -0.2) is 0 Å². The smallest absolute Gasteiger partial charge is 0.306 e. The van der Waals surface area contributed by atoms with Gasteiger partial charge in [0.15, 0.2) is 6.10 Å². The first kappa shape index (κ1) is 75.6. The molecule has 1 unspecified atom stereocenters. The second kappa shape index (κ2) is 67.1. The minimum absolute atomic E-state index is 0.0686. The Morgan fingerprint density at radius 3 is 0.769 bits per heavy atom. The molecule has 0 aliphatic carbocycles. The fourth-order valence-corrected chi connectivity index (χ4v) is 10.6. The Bertz CT molecular complexity index is 1300. The highest BCUT2D eigenvalue weighted by atomic mass is 16.6. The van der Waals surface area contributed by atoms with Gasteiger partial charge in [-0.05, 0) is 70.6 Å². The Balaban J connectivity index is 4.04. The molecule has 6 heteroatoms. The molecule has 0 saturated carbocycles. The fraction of sp³-hybridized carbons (Fsp3) is 0.875. The summed E-state index contributed by atoms with van der Waals surface area (Å²) < 4.78 is 16.9. The van der Waals surface area contributed by atoms with Crippen LogP contribution in [-0.4, -0.2) is 37.2 Å². The molecule has 0 N–H and O–H groups in total. The van der Waals surface area contributed by atoms with Crippen LogP contribution in [0.5, 0.6) is 0 Å². The summed E-state index contributed by atoms with van der Waals surface area (Å²) in [5.41, 5.74) is 0. The summed E-state index contributed by atoms with van der Waals surface area (Å²) in [4.78, 5) is 38.2. The zero-order chi connectivity index (χ0) is 56.4. The van der Waals surface area contributed by atoms with Gasteiger partial charge in [-0.3, -0.25) is 14.4 Å². The number of unbranched alkanes of at least 4 members (excludes halogenated alkanes) is 48. The summed E-state index contributed by atoms with van der Waals surface area (Å²) in [5, 5.41) is 0. The van der Waals surface area contributed by atoms with Crippen molar-refractivity contribution in [2.75, 3.05) is 13.2 Å². The van der Waals surface area contributed by atoms with Crippen molar-refractivity contribution in [3.8, 4) is 0 Å². The molecule has 0 amide bonds. The van der Waals surface area contributed by atoms with Crippen LogP contribution in [0.15, 0.2) is 36.5 Å². The van der Waals surface area contributed by atoms with Gasteiger partial charge in [-0.1, -0.05) is 333 Å². The number of ether oxygens (including phenoxy) is 3. The molecular formula is C72H134O6. The predicted molar refractivity (Wildman–Crippen MR) is 339 cm³/mol. The monoisotopic (exact) mass is 1100 g/mol. The van der Waals surface area contributed by atoms with Gasteiger partial charge in [0.1, 0.15) is 13.2 Å². The van der Waals surface area contributed by atoms with Crippen molar-refractivity contribution >= 4 is 17.9 Å². The normalized spacial score (nSPS) is 12.2. The molecule has 458 valence electrons. The summed E-state index contributed by atoms with van der Waals surface area (Å²) in [6, 6.07) is 0. The number of hydrogen-bond donors (Lipinski definition) is 0. The molecule has 1 atom stereocenters. The van der Waals surface area contributed by atoms with Gasteiger partial charge < -0.3 is 14.2 Å². The first-order chi connectivity index (χ1) is 38.5. The van der Waals surface area contributed by atoms with Gasteiger partial charge >= 0.3 is 17.9 Å². The van der Waals surface area contributed by atoms with Crippen molar-refractivity contribution in [3.63, 3.8) is 0 Å². The van der Waals surface area contributed by atoms with Crippen molar-refractivity contribution in [1.29, 1.82) is 0 Å². The molecule has 78 heavy (non-hydrogen) atoms. The highest BCUT2D eigenvalue weighted by Gasteiger charge is 2.19. The predicted octanol–water partition coefficient (Wildman–Crippen LogP) is 23.9. The molecule has 0 radical (unpaired) electrons. The van der Waals surface area contributed by atoms with E-state index in [0.717, 1.165) is 77.0 Å². The molecule has 0 aromatic rings. The van der Waals surface area contributed by atoms with E-state index in [1.54, 1.807) is 0 Å². The molecule has 6 nitrogen and oxygen atoms in total. The summed E-state index contributed by atoms with van der Waals surface area (Å²) in [6.45, 7) is 6.63. The zero-order valence-corrected chi connectivity index (χ0v) is 52.7. The van der Waals surface area contributed by atoms with E-state index in [1.165, 1.54) is 270 Å². The number of esters is 3. The Hall–Kier alpha value is -2.37. The third kappa shape index (κ3) is 64.5. The molecule has 0 aromatic heterocycles. The highest BCUT2D eigenvalue weighted by Crippen LogP contribution is 2.18. The quantitative estimate of drug-likeness (QED) is 0.0261. The maximum absolute atomic E-state index is 12.9. The number of carbonyl (C=O) groups is 3. The van der Waals surface area contributed by atoms with Crippen LogP contribution in [0.1, 0.15) is 387 Å². The summed E-state index contributed by atoms with van der Waals surface area (Å²) >= 11 is 0. The second-order valence-electron chi connectivity index (χ2n) is 23.8. The lowest BCUT2D eigenvalue weighted by molar-refractivity contribution is -0.167. The van der Waals surface area contributed by atoms with E-state index >= 15 is 0 Å². The van der Waals surface area contributed by atoms with Gasteiger partial charge in [-0.15, -0.1) is 0 Å². The van der Waals surface area contributed by atoms with E-state index < -0.39 is 6.10 Å².